The Labute approximate surface area is 156 Å². The van der Waals surface area contributed by atoms with Gasteiger partial charge in [0, 0.05) is 5.56 Å². The molecule has 0 atom stereocenters. The van der Waals surface area contributed by atoms with Gasteiger partial charge in [-0.1, -0.05) is 12.1 Å². The summed E-state index contributed by atoms with van der Waals surface area (Å²) in [7, 11) is -3.96. The Kier molecular flexibility index (Phi) is 4.73. The van der Waals surface area contributed by atoms with Gasteiger partial charge >= 0.3 is 12.1 Å². The molecule has 0 fully saturated rings. The van der Waals surface area contributed by atoms with E-state index in [0.29, 0.717) is 5.56 Å². The molecule has 0 aliphatic rings. The standard InChI is InChI=1S/C17H12F3N3O4S/c18-17(19,20)15-9-14(10-1-3-11(4-2-10)16(24)25)23(22-15)12-5-7-13(8-6-12)28(21,26)27/h1-9H,(H,24,25)(H2,21,26,27)/i16-1. The van der Waals surface area contributed by atoms with Crippen molar-refractivity contribution >= 4 is 16.0 Å². The summed E-state index contributed by atoms with van der Waals surface area (Å²) in [6.07, 6.45) is -4.71. The maximum atomic E-state index is 13.2. The molecule has 3 rings (SSSR count). The third-order valence-electron chi connectivity index (χ3n) is 3.84. The highest BCUT2D eigenvalue weighted by Crippen LogP contribution is 2.33. The summed E-state index contributed by atoms with van der Waals surface area (Å²) in [5, 5.41) is 17.5. The van der Waals surface area contributed by atoms with Gasteiger partial charge in [-0.3, -0.25) is 0 Å². The van der Waals surface area contributed by atoms with Crippen LogP contribution in [-0.4, -0.2) is 29.3 Å². The van der Waals surface area contributed by atoms with Crippen molar-refractivity contribution in [3.05, 3.63) is 65.9 Å². The van der Waals surface area contributed by atoms with E-state index >= 15 is 0 Å². The van der Waals surface area contributed by atoms with Crippen LogP contribution in [0.3, 0.4) is 0 Å². The lowest BCUT2D eigenvalue weighted by Gasteiger charge is -2.09. The molecule has 3 aromatic rings. The van der Waals surface area contributed by atoms with Gasteiger partial charge < -0.3 is 5.11 Å². The van der Waals surface area contributed by atoms with Gasteiger partial charge in [-0.05, 0) is 42.5 Å². The quantitative estimate of drug-likeness (QED) is 0.686. The number of alkyl halides is 3. The molecule has 3 N–H and O–H groups in total. The lowest BCUT2D eigenvalue weighted by atomic mass is 9.93. The molecule has 0 aliphatic carbocycles. The van der Waals surface area contributed by atoms with E-state index in [4.69, 9.17) is 10.2 Å². The van der Waals surface area contributed by atoms with Crippen molar-refractivity contribution in [3.8, 4) is 16.9 Å². The summed E-state index contributed by atoms with van der Waals surface area (Å²) in [6.45, 7) is 0. The predicted molar refractivity (Wildman–Crippen MR) is 92.3 cm³/mol. The van der Waals surface area contributed by atoms with Crippen LogP contribution in [0.25, 0.3) is 16.9 Å². The van der Waals surface area contributed by atoms with E-state index in [-0.39, 0.29) is 21.8 Å². The van der Waals surface area contributed by atoms with Gasteiger partial charge in [0.25, 0.3) is 0 Å². The molecule has 0 unspecified atom stereocenters. The molecule has 7 nitrogen and oxygen atoms in total. The minimum atomic E-state index is -4.71. The van der Waals surface area contributed by atoms with Crippen molar-refractivity contribution in [1.29, 1.82) is 0 Å². The van der Waals surface area contributed by atoms with Gasteiger partial charge in [0.1, 0.15) is 0 Å². The fourth-order valence-electron chi connectivity index (χ4n) is 2.48. The summed E-state index contributed by atoms with van der Waals surface area (Å²) in [6, 6.07) is 10.9. The third-order valence-corrected chi connectivity index (χ3v) is 4.77. The minimum Gasteiger partial charge on any atom is -0.478 e. The van der Waals surface area contributed by atoms with Crippen LogP contribution in [0.1, 0.15) is 16.1 Å². The Morgan fingerprint density at radius 1 is 1.04 bits per heavy atom. The molecule has 0 saturated carbocycles. The van der Waals surface area contributed by atoms with E-state index < -0.39 is 27.9 Å². The van der Waals surface area contributed by atoms with Gasteiger partial charge in [-0.15, -0.1) is 0 Å². The average Bonchev–Trinajstić information content (AvgIpc) is 3.07. The Morgan fingerprint density at radius 3 is 2.07 bits per heavy atom. The molecule has 0 aliphatic heterocycles. The number of benzene rings is 2. The molecule has 0 amide bonds. The SMILES string of the molecule is NS(=O)(=O)c1ccc(-n2nc(C(F)(F)F)cc2-c2ccc([11C](=O)O)cc2)cc1. The average molecular weight is 410 g/mol. The van der Waals surface area contributed by atoms with Crippen LogP contribution in [0.5, 0.6) is 0 Å². The van der Waals surface area contributed by atoms with Crippen molar-refractivity contribution in [2.75, 3.05) is 0 Å². The van der Waals surface area contributed by atoms with E-state index in [9.17, 15) is 26.4 Å². The van der Waals surface area contributed by atoms with E-state index in [1.165, 1.54) is 36.4 Å². The molecular formula is C17H12F3N3O4S. The molecule has 1 heterocycles. The zero-order valence-corrected chi connectivity index (χ0v) is 14.7. The molecule has 0 spiro atoms. The second kappa shape index (κ2) is 6.77. The van der Waals surface area contributed by atoms with Crippen LogP contribution in [0.15, 0.2) is 59.5 Å². The molecule has 1 aromatic heterocycles. The van der Waals surface area contributed by atoms with Crippen LogP contribution in [0.2, 0.25) is 0 Å². The van der Waals surface area contributed by atoms with E-state index in [1.807, 2.05) is 0 Å². The number of hydrogen-bond donors (Lipinski definition) is 2. The summed E-state index contributed by atoms with van der Waals surface area (Å²) in [4.78, 5) is 10.8. The number of rotatable bonds is 4. The van der Waals surface area contributed by atoms with Crippen LogP contribution >= 0.6 is 0 Å². The number of aromatic nitrogens is 2. The largest absolute Gasteiger partial charge is 0.478 e. The molecule has 28 heavy (non-hydrogen) atoms. The van der Waals surface area contributed by atoms with E-state index in [0.717, 1.165) is 22.9 Å². The number of hydrogen-bond acceptors (Lipinski definition) is 4. The van der Waals surface area contributed by atoms with Crippen molar-refractivity contribution in [2.45, 2.75) is 11.1 Å². The molecule has 146 valence electrons. The maximum Gasteiger partial charge on any atom is 0.435 e. The van der Waals surface area contributed by atoms with Crippen molar-refractivity contribution in [3.63, 3.8) is 0 Å². The lowest BCUT2D eigenvalue weighted by molar-refractivity contribution is -0.141. The number of nitrogens with zero attached hydrogens (tertiary/aromatic N) is 2. The number of aromatic carboxylic acids is 1. The van der Waals surface area contributed by atoms with Crippen LogP contribution in [0, 0.1) is 0 Å². The smallest absolute Gasteiger partial charge is 0.435 e. The highest BCUT2D eigenvalue weighted by Gasteiger charge is 2.35. The van der Waals surface area contributed by atoms with Crippen LogP contribution in [-0.2, 0) is 16.2 Å². The van der Waals surface area contributed by atoms with Gasteiger partial charge in [0.2, 0.25) is 10.0 Å². The Morgan fingerprint density at radius 2 is 1.61 bits per heavy atom. The fourth-order valence-corrected chi connectivity index (χ4v) is 3.00. The highest BCUT2D eigenvalue weighted by molar-refractivity contribution is 7.89. The molecular weight excluding hydrogens is 398 g/mol. The van der Waals surface area contributed by atoms with Gasteiger partial charge in [0.05, 0.1) is 21.8 Å². The van der Waals surface area contributed by atoms with Crippen LogP contribution < -0.4 is 5.14 Å². The number of sulfonamides is 1. The number of carboxylic acid groups (broad SMARTS) is 1. The molecule has 2 aromatic carbocycles. The normalized spacial score (nSPS) is 12.1. The van der Waals surface area contributed by atoms with Gasteiger partial charge in [-0.2, -0.15) is 18.3 Å². The van der Waals surface area contributed by atoms with Gasteiger partial charge in [-0.25, -0.2) is 23.0 Å². The monoisotopic (exact) mass is 410 g/mol. The highest BCUT2D eigenvalue weighted by atomic mass is 32.2. The minimum absolute atomic E-state index is 0.0247. The third kappa shape index (κ3) is 3.89. The number of carboxylic acids is 1. The summed E-state index contributed by atoms with van der Waals surface area (Å²) in [5.41, 5.74) is -0.667. The van der Waals surface area contributed by atoms with Crippen molar-refractivity contribution in [2.24, 2.45) is 5.14 Å². The maximum absolute atomic E-state index is 13.2. The van der Waals surface area contributed by atoms with Crippen molar-refractivity contribution < 1.29 is 31.5 Å². The Bertz CT molecular complexity index is 1140. The first-order chi connectivity index (χ1) is 13.0. The number of carbonyl (C=O) groups is 1. The van der Waals surface area contributed by atoms with Gasteiger partial charge in [0.15, 0.2) is 5.69 Å². The van der Waals surface area contributed by atoms with Crippen LogP contribution in [0.4, 0.5) is 13.2 Å². The fraction of sp³-hybridized carbons (Fsp3) is 0.0588. The first kappa shape index (κ1) is 19.6. The lowest BCUT2D eigenvalue weighted by Crippen LogP contribution is -2.12. The first-order valence-electron chi connectivity index (χ1n) is 7.61. The zero-order chi connectivity index (χ0) is 20.7. The Hall–Kier alpha value is -3.18. The topological polar surface area (TPSA) is 115 Å². The summed E-state index contributed by atoms with van der Waals surface area (Å²) < 4.78 is 63.2. The van der Waals surface area contributed by atoms with E-state index in [1.54, 1.807) is 0 Å². The van der Waals surface area contributed by atoms with Crippen molar-refractivity contribution in [1.82, 2.24) is 9.78 Å². The number of nitrogens with two attached hydrogens (primary N) is 1. The molecule has 0 saturated heterocycles. The molecule has 0 bridgehead atoms. The Balaban J connectivity index is 2.14. The predicted octanol–water partition coefficient (Wildman–Crippen LogP) is 2.90. The molecule has 11 heteroatoms. The zero-order valence-electron chi connectivity index (χ0n) is 13.9. The number of primary sulfonamides is 1. The molecule has 0 radical (unpaired) electrons. The second-order valence-corrected chi connectivity index (χ2v) is 7.31. The first-order valence-corrected chi connectivity index (χ1v) is 9.16. The number of halogens is 3. The summed E-state index contributed by atoms with van der Waals surface area (Å²) >= 11 is 0. The van der Waals surface area contributed by atoms with E-state index in [2.05, 4.69) is 5.10 Å². The second-order valence-electron chi connectivity index (χ2n) is 5.75. The summed E-state index contributed by atoms with van der Waals surface area (Å²) in [5.74, 6) is -1.17.